The number of imidazole rings is 1. The van der Waals surface area contributed by atoms with E-state index in [0.717, 1.165) is 29.8 Å². The van der Waals surface area contributed by atoms with E-state index in [-0.39, 0.29) is 12.1 Å². The molecule has 0 amide bonds. The van der Waals surface area contributed by atoms with Gasteiger partial charge >= 0.3 is 0 Å². The van der Waals surface area contributed by atoms with E-state index in [1.54, 1.807) is 0 Å². The Morgan fingerprint density at radius 1 is 1.40 bits per heavy atom. The summed E-state index contributed by atoms with van der Waals surface area (Å²) in [4.78, 5) is 4.81. The molecule has 1 fully saturated rings. The number of fused-ring (bicyclic) bond motifs is 1. The lowest BCUT2D eigenvalue weighted by atomic mass is 10.0. The SMILES string of the molecule is Cc1ccc2c(c1)nc(C(C)C)n2[C@H]1CCNC[C@@H]1O. The molecule has 3 rings (SSSR count). The fourth-order valence-electron chi connectivity index (χ4n) is 3.11. The van der Waals surface area contributed by atoms with Crippen LogP contribution in [-0.4, -0.2) is 33.9 Å². The van der Waals surface area contributed by atoms with Gasteiger partial charge in [-0.25, -0.2) is 4.98 Å². The molecule has 4 nitrogen and oxygen atoms in total. The van der Waals surface area contributed by atoms with Crippen molar-refractivity contribution in [2.24, 2.45) is 0 Å². The van der Waals surface area contributed by atoms with Crippen LogP contribution >= 0.6 is 0 Å². The van der Waals surface area contributed by atoms with Gasteiger partial charge in [-0.2, -0.15) is 0 Å². The molecule has 0 radical (unpaired) electrons. The molecule has 2 N–H and O–H groups in total. The molecule has 1 aliphatic heterocycles. The van der Waals surface area contributed by atoms with Crippen molar-refractivity contribution >= 4 is 11.0 Å². The van der Waals surface area contributed by atoms with Gasteiger partial charge in [-0.3, -0.25) is 0 Å². The number of rotatable bonds is 2. The van der Waals surface area contributed by atoms with E-state index in [1.165, 1.54) is 5.56 Å². The molecule has 0 spiro atoms. The molecule has 0 saturated carbocycles. The highest BCUT2D eigenvalue weighted by molar-refractivity contribution is 5.77. The van der Waals surface area contributed by atoms with Gasteiger partial charge in [0.2, 0.25) is 0 Å². The van der Waals surface area contributed by atoms with Crippen LogP contribution in [0, 0.1) is 6.92 Å². The maximum absolute atomic E-state index is 10.3. The minimum atomic E-state index is -0.347. The van der Waals surface area contributed by atoms with Crippen LogP contribution in [-0.2, 0) is 0 Å². The van der Waals surface area contributed by atoms with Crippen molar-refractivity contribution in [2.45, 2.75) is 45.3 Å². The van der Waals surface area contributed by atoms with Gasteiger partial charge in [0.05, 0.1) is 23.2 Å². The maximum atomic E-state index is 10.3. The summed E-state index contributed by atoms with van der Waals surface area (Å²) < 4.78 is 2.27. The average molecular weight is 273 g/mol. The van der Waals surface area contributed by atoms with Gasteiger partial charge in [-0.1, -0.05) is 19.9 Å². The number of aryl methyl sites for hydroxylation is 1. The maximum Gasteiger partial charge on any atom is 0.112 e. The zero-order valence-corrected chi connectivity index (χ0v) is 12.4. The first kappa shape index (κ1) is 13.6. The fraction of sp³-hybridized carbons (Fsp3) is 0.562. The molecule has 1 aliphatic rings. The summed E-state index contributed by atoms with van der Waals surface area (Å²) in [6.07, 6.45) is 0.597. The monoisotopic (exact) mass is 273 g/mol. The van der Waals surface area contributed by atoms with Gasteiger partial charge in [0.15, 0.2) is 0 Å². The van der Waals surface area contributed by atoms with Crippen molar-refractivity contribution in [3.05, 3.63) is 29.6 Å². The molecule has 2 heterocycles. The third-order valence-electron chi connectivity index (χ3n) is 4.13. The van der Waals surface area contributed by atoms with E-state index >= 15 is 0 Å². The third-order valence-corrected chi connectivity index (χ3v) is 4.13. The molecule has 4 heteroatoms. The van der Waals surface area contributed by atoms with Gasteiger partial charge in [0.1, 0.15) is 5.82 Å². The number of nitrogens with zero attached hydrogens (tertiary/aromatic N) is 2. The first-order valence-electron chi connectivity index (χ1n) is 7.45. The van der Waals surface area contributed by atoms with Gasteiger partial charge in [0.25, 0.3) is 0 Å². The highest BCUT2D eigenvalue weighted by atomic mass is 16.3. The van der Waals surface area contributed by atoms with E-state index in [1.807, 2.05) is 0 Å². The first-order valence-corrected chi connectivity index (χ1v) is 7.45. The van der Waals surface area contributed by atoms with Crippen molar-refractivity contribution < 1.29 is 5.11 Å². The lowest BCUT2D eigenvalue weighted by molar-refractivity contribution is 0.0873. The first-order chi connectivity index (χ1) is 9.58. The number of piperidine rings is 1. The zero-order valence-electron chi connectivity index (χ0n) is 12.4. The van der Waals surface area contributed by atoms with Gasteiger partial charge in [-0.05, 0) is 37.6 Å². The van der Waals surface area contributed by atoms with E-state index in [4.69, 9.17) is 4.98 Å². The number of nitrogens with one attached hydrogen (secondary N) is 1. The molecule has 1 saturated heterocycles. The molecule has 1 aromatic carbocycles. The number of aromatic nitrogens is 2. The number of aliphatic hydroxyl groups is 1. The van der Waals surface area contributed by atoms with Crippen molar-refractivity contribution in [3.8, 4) is 0 Å². The Balaban J connectivity index is 2.18. The van der Waals surface area contributed by atoms with Crippen LogP contribution in [0.3, 0.4) is 0 Å². The Labute approximate surface area is 119 Å². The van der Waals surface area contributed by atoms with Crippen molar-refractivity contribution in [1.29, 1.82) is 0 Å². The molecular formula is C16H23N3O. The number of benzene rings is 1. The largest absolute Gasteiger partial charge is 0.390 e. The van der Waals surface area contributed by atoms with Crippen molar-refractivity contribution in [2.75, 3.05) is 13.1 Å². The van der Waals surface area contributed by atoms with Crippen LogP contribution in [0.15, 0.2) is 18.2 Å². The standard InChI is InChI=1S/C16H23N3O/c1-10(2)16-18-12-8-11(3)4-5-13(12)19(16)14-6-7-17-9-15(14)20/h4-5,8,10,14-15,17,20H,6-7,9H2,1-3H3/t14-,15-/m0/s1. The second-order valence-corrected chi connectivity index (χ2v) is 6.11. The van der Waals surface area contributed by atoms with Crippen LogP contribution in [0.4, 0.5) is 0 Å². The van der Waals surface area contributed by atoms with Crippen LogP contribution in [0.1, 0.15) is 43.6 Å². The van der Waals surface area contributed by atoms with Crippen molar-refractivity contribution in [3.63, 3.8) is 0 Å². The van der Waals surface area contributed by atoms with E-state index in [9.17, 15) is 5.11 Å². The summed E-state index contributed by atoms with van der Waals surface area (Å²) in [5.41, 5.74) is 3.41. The number of hydrogen-bond donors (Lipinski definition) is 2. The molecule has 0 bridgehead atoms. The summed E-state index contributed by atoms with van der Waals surface area (Å²) in [5.74, 6) is 1.43. The molecule has 0 unspecified atom stereocenters. The highest BCUT2D eigenvalue weighted by Gasteiger charge is 2.28. The van der Waals surface area contributed by atoms with Gasteiger partial charge in [-0.15, -0.1) is 0 Å². The molecular weight excluding hydrogens is 250 g/mol. The molecule has 0 aliphatic carbocycles. The van der Waals surface area contributed by atoms with Crippen LogP contribution in [0.5, 0.6) is 0 Å². The Hall–Kier alpha value is -1.39. The number of hydrogen-bond acceptors (Lipinski definition) is 3. The summed E-state index contributed by atoms with van der Waals surface area (Å²) in [6, 6.07) is 6.52. The second kappa shape index (κ2) is 5.19. The Morgan fingerprint density at radius 3 is 2.90 bits per heavy atom. The van der Waals surface area contributed by atoms with Gasteiger partial charge < -0.3 is 15.0 Å². The minimum absolute atomic E-state index is 0.126. The predicted molar refractivity (Wildman–Crippen MR) is 81.1 cm³/mol. The highest BCUT2D eigenvalue weighted by Crippen LogP contribution is 2.30. The van der Waals surface area contributed by atoms with Crippen molar-refractivity contribution in [1.82, 2.24) is 14.9 Å². The number of β-amino-alcohol motifs (C(OH)–C–C–N with tert-alkyl or cyclic N) is 1. The minimum Gasteiger partial charge on any atom is -0.390 e. The van der Waals surface area contributed by atoms with Crippen LogP contribution in [0.2, 0.25) is 0 Å². The lowest BCUT2D eigenvalue weighted by Gasteiger charge is -2.31. The zero-order chi connectivity index (χ0) is 14.3. The summed E-state index contributed by atoms with van der Waals surface area (Å²) in [5, 5.41) is 13.6. The van der Waals surface area contributed by atoms with E-state index in [2.05, 4.69) is 48.9 Å². The van der Waals surface area contributed by atoms with Crippen LogP contribution < -0.4 is 5.32 Å². The molecule has 1 aromatic heterocycles. The summed E-state index contributed by atoms with van der Waals surface area (Å²) >= 11 is 0. The van der Waals surface area contributed by atoms with E-state index in [0.29, 0.717) is 12.5 Å². The second-order valence-electron chi connectivity index (χ2n) is 6.11. The smallest absolute Gasteiger partial charge is 0.112 e. The molecule has 20 heavy (non-hydrogen) atoms. The lowest BCUT2D eigenvalue weighted by Crippen LogP contribution is -2.42. The average Bonchev–Trinajstić information content (AvgIpc) is 2.78. The topological polar surface area (TPSA) is 50.1 Å². The summed E-state index contributed by atoms with van der Waals surface area (Å²) in [6.45, 7) is 8.03. The Kier molecular flexibility index (Phi) is 3.52. The molecule has 108 valence electrons. The fourth-order valence-corrected chi connectivity index (χ4v) is 3.11. The molecule has 2 aromatic rings. The van der Waals surface area contributed by atoms with E-state index < -0.39 is 0 Å². The van der Waals surface area contributed by atoms with Crippen LogP contribution in [0.25, 0.3) is 11.0 Å². The normalized spacial score (nSPS) is 23.6. The Bertz CT molecular complexity index is 617. The molecule has 2 atom stereocenters. The number of aliphatic hydroxyl groups excluding tert-OH is 1. The quantitative estimate of drug-likeness (QED) is 0.883. The Morgan fingerprint density at radius 2 is 2.20 bits per heavy atom. The predicted octanol–water partition coefficient (Wildman–Crippen LogP) is 2.36. The third kappa shape index (κ3) is 2.23. The van der Waals surface area contributed by atoms with Gasteiger partial charge in [0, 0.05) is 12.5 Å². The summed E-state index contributed by atoms with van der Waals surface area (Å²) in [7, 11) is 0.